The van der Waals surface area contributed by atoms with Crippen LogP contribution in [0.5, 0.6) is 0 Å². The summed E-state index contributed by atoms with van der Waals surface area (Å²) < 4.78 is 2.31. The second-order valence-electron chi connectivity index (χ2n) is 10.7. The minimum atomic E-state index is 0.968. The van der Waals surface area contributed by atoms with Crippen molar-refractivity contribution in [2.75, 3.05) is 0 Å². The summed E-state index contributed by atoms with van der Waals surface area (Å²) in [6, 6.07) is 36.5. The number of aryl methyl sites for hydroxylation is 1. The molecular formula is C41H36N2. The highest BCUT2D eigenvalue weighted by Gasteiger charge is 2.16. The number of nitrogens with zero attached hydrogens (tertiary/aromatic N) is 2. The minimum Gasteiger partial charge on any atom is -0.292 e. The largest absolute Gasteiger partial charge is 0.292 e. The maximum Gasteiger partial charge on any atom is 0.147 e. The Labute approximate surface area is 253 Å². The molecule has 43 heavy (non-hydrogen) atoms. The van der Waals surface area contributed by atoms with E-state index in [0.717, 1.165) is 44.5 Å². The Balaban J connectivity index is 0.00000161. The fourth-order valence-electron chi connectivity index (χ4n) is 5.94. The fraction of sp³-hybridized carbons (Fsp3) is 0.0976. The number of pyridine rings is 1. The topological polar surface area (TPSA) is 17.3 Å². The Bertz CT molecular complexity index is 2260. The number of imidazole rings is 1. The predicted octanol–water partition coefficient (Wildman–Crippen LogP) is 11.5. The Morgan fingerprint density at radius 2 is 1.51 bits per heavy atom. The fourth-order valence-corrected chi connectivity index (χ4v) is 5.94. The molecule has 2 heterocycles. The molecule has 5 aromatic carbocycles. The van der Waals surface area contributed by atoms with E-state index in [-0.39, 0.29) is 0 Å². The monoisotopic (exact) mass is 556 g/mol. The lowest BCUT2D eigenvalue weighted by Crippen LogP contribution is -1.94. The van der Waals surface area contributed by atoms with Gasteiger partial charge in [0, 0.05) is 10.8 Å². The third-order valence-electron chi connectivity index (χ3n) is 8.19. The van der Waals surface area contributed by atoms with E-state index in [4.69, 9.17) is 4.98 Å². The summed E-state index contributed by atoms with van der Waals surface area (Å²) >= 11 is 0. The van der Waals surface area contributed by atoms with E-state index >= 15 is 0 Å². The van der Waals surface area contributed by atoms with Gasteiger partial charge in [0.05, 0.1) is 16.6 Å². The van der Waals surface area contributed by atoms with Gasteiger partial charge in [-0.15, -0.1) is 0 Å². The average Bonchev–Trinajstić information content (AvgIpc) is 3.44. The molecule has 0 unspecified atom stereocenters. The maximum atomic E-state index is 5.13. The number of hydrogen-bond acceptors (Lipinski definition) is 1. The van der Waals surface area contributed by atoms with Gasteiger partial charge in [-0.25, -0.2) is 4.98 Å². The van der Waals surface area contributed by atoms with Crippen molar-refractivity contribution in [3.8, 4) is 0 Å². The molecule has 210 valence electrons. The predicted molar refractivity (Wildman–Crippen MR) is 189 cm³/mol. The molecule has 2 nitrogen and oxygen atoms in total. The van der Waals surface area contributed by atoms with Crippen LogP contribution >= 0.6 is 0 Å². The molecule has 0 N–H and O–H groups in total. The summed E-state index contributed by atoms with van der Waals surface area (Å²) in [5, 5.41) is 5.98. The molecule has 0 atom stereocenters. The first-order valence-electron chi connectivity index (χ1n) is 15.0. The standard InChI is InChI=1S/C39H30N2.C2H6/c1-5-28(22-26(3)27(4)23-30-14-7-6-12-25(30)2)31-19-21-36-34(24-31)33-20-18-29-13-8-9-15-32(29)38(33)39-40-35-16-10-11-17-37(35)41(36)39;1-2/h5-24H,1,3H2,2,4H3;1-2H3/b27-23+,28-22+;. The lowest BCUT2D eigenvalue weighted by Gasteiger charge is -2.13. The van der Waals surface area contributed by atoms with Gasteiger partial charge in [0.25, 0.3) is 0 Å². The van der Waals surface area contributed by atoms with Crippen molar-refractivity contribution in [1.29, 1.82) is 0 Å². The second-order valence-corrected chi connectivity index (χ2v) is 10.7. The third-order valence-corrected chi connectivity index (χ3v) is 8.19. The molecule has 0 saturated heterocycles. The van der Waals surface area contributed by atoms with Crippen LogP contribution in [-0.2, 0) is 0 Å². The highest BCUT2D eigenvalue weighted by Crippen LogP contribution is 2.37. The summed E-state index contributed by atoms with van der Waals surface area (Å²) in [4.78, 5) is 5.13. The molecule has 7 rings (SSSR count). The van der Waals surface area contributed by atoms with Crippen LogP contribution in [0.25, 0.3) is 60.8 Å². The Hall–Kier alpha value is -5.21. The molecule has 0 aliphatic heterocycles. The van der Waals surface area contributed by atoms with Crippen molar-refractivity contribution in [2.24, 2.45) is 0 Å². The van der Waals surface area contributed by atoms with Crippen molar-refractivity contribution in [3.63, 3.8) is 0 Å². The zero-order valence-corrected chi connectivity index (χ0v) is 25.4. The smallest absolute Gasteiger partial charge is 0.147 e. The first kappa shape index (κ1) is 27.9. The van der Waals surface area contributed by atoms with Crippen LogP contribution in [0.2, 0.25) is 0 Å². The summed E-state index contributed by atoms with van der Waals surface area (Å²) in [6.07, 6.45) is 6.27. The summed E-state index contributed by atoms with van der Waals surface area (Å²) in [5.41, 5.74) is 10.9. The van der Waals surface area contributed by atoms with E-state index in [9.17, 15) is 0 Å². The quantitative estimate of drug-likeness (QED) is 0.152. The lowest BCUT2D eigenvalue weighted by atomic mass is 9.95. The van der Waals surface area contributed by atoms with Crippen LogP contribution in [0.3, 0.4) is 0 Å². The van der Waals surface area contributed by atoms with Crippen molar-refractivity contribution in [1.82, 2.24) is 9.38 Å². The third kappa shape index (κ3) is 4.85. The van der Waals surface area contributed by atoms with E-state index in [1.807, 2.05) is 19.9 Å². The number of rotatable bonds is 5. The molecule has 0 radical (unpaired) electrons. The molecule has 0 aliphatic rings. The van der Waals surface area contributed by atoms with Gasteiger partial charge in [0.2, 0.25) is 0 Å². The minimum absolute atomic E-state index is 0.968. The SMILES string of the molecule is C=C/C(=C\C(=C)/C(C)=C/c1ccccc1C)c1ccc2c(c1)c1ccc3ccccc3c1c1nc3ccccc3n21.CC. The van der Waals surface area contributed by atoms with Crippen LogP contribution in [0, 0.1) is 6.92 Å². The van der Waals surface area contributed by atoms with Gasteiger partial charge in [-0.3, -0.25) is 4.40 Å². The van der Waals surface area contributed by atoms with Crippen LogP contribution in [0.4, 0.5) is 0 Å². The van der Waals surface area contributed by atoms with E-state index in [1.54, 1.807) is 0 Å². The van der Waals surface area contributed by atoms with Crippen LogP contribution in [-0.4, -0.2) is 9.38 Å². The average molecular weight is 557 g/mol. The maximum absolute atomic E-state index is 5.13. The first-order chi connectivity index (χ1) is 21.0. The molecule has 2 heteroatoms. The Kier molecular flexibility index (Phi) is 7.52. The van der Waals surface area contributed by atoms with Crippen LogP contribution in [0.15, 0.2) is 140 Å². The zero-order valence-electron chi connectivity index (χ0n) is 25.4. The molecular weight excluding hydrogens is 520 g/mol. The zero-order chi connectivity index (χ0) is 30.1. The number of fused-ring (bicyclic) bond motifs is 10. The van der Waals surface area contributed by atoms with E-state index in [1.165, 1.54) is 38.1 Å². The highest BCUT2D eigenvalue weighted by molar-refractivity contribution is 6.23. The molecule has 0 bridgehead atoms. The normalized spacial score (nSPS) is 12.2. The van der Waals surface area contributed by atoms with Crippen molar-refractivity contribution >= 4 is 60.8 Å². The van der Waals surface area contributed by atoms with Gasteiger partial charge in [-0.2, -0.15) is 0 Å². The lowest BCUT2D eigenvalue weighted by molar-refractivity contribution is 1.32. The van der Waals surface area contributed by atoms with Crippen LogP contribution < -0.4 is 0 Å². The molecule has 0 spiro atoms. The molecule has 2 aromatic heterocycles. The number of hydrogen-bond donors (Lipinski definition) is 0. The Morgan fingerprint density at radius 1 is 0.767 bits per heavy atom. The number of para-hydroxylation sites is 2. The van der Waals surface area contributed by atoms with Crippen LogP contribution in [0.1, 0.15) is 37.5 Å². The van der Waals surface area contributed by atoms with Crippen molar-refractivity contribution in [2.45, 2.75) is 27.7 Å². The highest BCUT2D eigenvalue weighted by atomic mass is 15.0. The first-order valence-corrected chi connectivity index (χ1v) is 15.0. The summed E-state index contributed by atoms with van der Waals surface area (Å²) in [7, 11) is 0. The van der Waals surface area contributed by atoms with E-state index in [2.05, 4.69) is 147 Å². The number of allylic oxidation sites excluding steroid dienone is 5. The van der Waals surface area contributed by atoms with Gasteiger partial charge in [-0.05, 0) is 93.8 Å². The summed E-state index contributed by atoms with van der Waals surface area (Å²) in [6.45, 7) is 16.8. The van der Waals surface area contributed by atoms with Gasteiger partial charge < -0.3 is 0 Å². The molecule has 0 aliphatic carbocycles. The molecule has 0 saturated carbocycles. The summed E-state index contributed by atoms with van der Waals surface area (Å²) in [5.74, 6) is 0. The molecule has 0 amide bonds. The van der Waals surface area contributed by atoms with Gasteiger partial charge in [0.15, 0.2) is 0 Å². The van der Waals surface area contributed by atoms with E-state index < -0.39 is 0 Å². The van der Waals surface area contributed by atoms with Gasteiger partial charge >= 0.3 is 0 Å². The number of benzene rings is 5. The Morgan fingerprint density at radius 3 is 2.33 bits per heavy atom. The van der Waals surface area contributed by atoms with E-state index in [0.29, 0.717) is 0 Å². The van der Waals surface area contributed by atoms with Crippen molar-refractivity contribution < 1.29 is 0 Å². The molecule has 0 fully saturated rings. The van der Waals surface area contributed by atoms with Crippen molar-refractivity contribution in [3.05, 3.63) is 156 Å². The molecule has 7 aromatic rings. The van der Waals surface area contributed by atoms with Gasteiger partial charge in [-0.1, -0.05) is 118 Å². The van der Waals surface area contributed by atoms with Gasteiger partial charge in [0.1, 0.15) is 5.65 Å². The number of aromatic nitrogens is 2. The second kappa shape index (κ2) is 11.6.